The van der Waals surface area contributed by atoms with Crippen LogP contribution in [0.3, 0.4) is 0 Å². The Labute approximate surface area is 230 Å². The predicted molar refractivity (Wildman–Crippen MR) is 173 cm³/mol. The van der Waals surface area contributed by atoms with Crippen molar-refractivity contribution in [1.82, 2.24) is 4.40 Å². The molecule has 39 heavy (non-hydrogen) atoms. The Balaban J connectivity index is 1.62. The summed E-state index contributed by atoms with van der Waals surface area (Å²) in [5, 5.41) is 13.3. The van der Waals surface area contributed by atoms with Crippen LogP contribution in [0.2, 0.25) is 0 Å². The largest absolute Gasteiger partial charge is 0.308 e. The fraction of sp³-hybridized carbons (Fsp3) is 0. The first-order valence-electron chi connectivity index (χ1n) is 13.3. The summed E-state index contributed by atoms with van der Waals surface area (Å²) in [6.45, 7) is 0. The molecule has 4 aromatic heterocycles. The molecule has 180 valence electrons. The smallest absolute Gasteiger partial charge is 0.0619 e. The van der Waals surface area contributed by atoms with Crippen LogP contribution in [0.4, 0.5) is 0 Å². The molecule has 0 unspecified atom stereocenters. The Morgan fingerprint density at radius 3 is 1.74 bits per heavy atom. The van der Waals surface area contributed by atoms with Gasteiger partial charge in [0.15, 0.2) is 0 Å². The maximum absolute atomic E-state index is 2.55. The van der Waals surface area contributed by atoms with Crippen molar-refractivity contribution >= 4 is 112 Å². The fourth-order valence-electron chi connectivity index (χ4n) is 6.96. The molecule has 0 bridgehead atoms. The molecule has 0 aliphatic heterocycles. The number of thiophene rings is 2. The highest BCUT2D eigenvalue weighted by Gasteiger charge is 2.18. The van der Waals surface area contributed by atoms with E-state index in [0.29, 0.717) is 0 Å². The van der Waals surface area contributed by atoms with Gasteiger partial charge in [0.1, 0.15) is 0 Å². The molecule has 10 rings (SSSR count). The predicted octanol–water partition coefficient (Wildman–Crippen LogP) is 11.3. The van der Waals surface area contributed by atoms with Crippen LogP contribution in [-0.4, -0.2) is 4.40 Å². The van der Waals surface area contributed by atoms with Gasteiger partial charge in [-0.2, -0.15) is 0 Å². The molecule has 6 aromatic carbocycles. The van der Waals surface area contributed by atoms with Gasteiger partial charge in [0, 0.05) is 61.9 Å². The molecule has 4 heterocycles. The quantitative estimate of drug-likeness (QED) is 0.184. The molecule has 0 spiro atoms. The molecule has 0 N–H and O–H groups in total. The van der Waals surface area contributed by atoms with Gasteiger partial charge in [-0.15, -0.1) is 22.7 Å². The van der Waals surface area contributed by atoms with Crippen LogP contribution >= 0.6 is 22.7 Å². The normalized spacial score (nSPS) is 12.6. The zero-order valence-corrected chi connectivity index (χ0v) is 22.4. The number of benzene rings is 6. The van der Waals surface area contributed by atoms with Gasteiger partial charge in [-0.05, 0) is 47.2 Å². The molecule has 0 aliphatic rings. The number of para-hydroxylation sites is 2. The van der Waals surface area contributed by atoms with Gasteiger partial charge in [-0.3, -0.25) is 0 Å². The number of hydrogen-bond donors (Lipinski definition) is 0. The molecule has 0 atom stereocenters. The molecule has 0 saturated heterocycles. The van der Waals surface area contributed by atoms with Gasteiger partial charge in [0.25, 0.3) is 0 Å². The molecule has 1 nitrogen and oxygen atoms in total. The molecule has 0 saturated carbocycles. The second-order valence-electron chi connectivity index (χ2n) is 10.5. The van der Waals surface area contributed by atoms with E-state index < -0.39 is 0 Å². The van der Waals surface area contributed by atoms with E-state index in [-0.39, 0.29) is 0 Å². The Hall–Kier alpha value is -4.44. The van der Waals surface area contributed by atoms with Crippen LogP contribution in [0.15, 0.2) is 115 Å². The minimum Gasteiger partial charge on any atom is -0.308 e. The van der Waals surface area contributed by atoms with Crippen molar-refractivity contribution in [2.75, 3.05) is 0 Å². The van der Waals surface area contributed by atoms with Crippen molar-refractivity contribution in [3.63, 3.8) is 0 Å². The first-order valence-corrected chi connectivity index (χ1v) is 14.9. The van der Waals surface area contributed by atoms with Crippen molar-refractivity contribution in [2.24, 2.45) is 0 Å². The average molecular weight is 530 g/mol. The average Bonchev–Trinajstić information content (AvgIpc) is 3.65. The maximum Gasteiger partial charge on any atom is 0.0619 e. The zero-order valence-electron chi connectivity index (χ0n) is 20.7. The number of aromatic nitrogens is 1. The van der Waals surface area contributed by atoms with Crippen LogP contribution < -0.4 is 0 Å². The van der Waals surface area contributed by atoms with Gasteiger partial charge in [0.2, 0.25) is 0 Å². The summed E-state index contributed by atoms with van der Waals surface area (Å²) in [6.07, 6.45) is 0. The van der Waals surface area contributed by atoms with E-state index in [0.717, 1.165) is 0 Å². The zero-order chi connectivity index (χ0) is 25.2. The van der Waals surface area contributed by atoms with E-state index in [2.05, 4.69) is 120 Å². The first kappa shape index (κ1) is 20.5. The minimum absolute atomic E-state index is 1.24. The molecule has 0 fully saturated rings. The van der Waals surface area contributed by atoms with Crippen molar-refractivity contribution in [2.45, 2.75) is 0 Å². The lowest BCUT2D eigenvalue weighted by molar-refractivity contribution is 1.36. The Kier molecular flexibility index (Phi) is 3.76. The SMILES string of the molecule is c1ccc2c(c1)sc1cc3c(cc12)c1cccc2c4cccc5sc6cccc(c7ccccc7n3c21)c6c54. The Morgan fingerprint density at radius 1 is 0.359 bits per heavy atom. The topological polar surface area (TPSA) is 4.41 Å². The summed E-state index contributed by atoms with van der Waals surface area (Å²) < 4.78 is 7.93. The van der Waals surface area contributed by atoms with E-state index in [1.54, 1.807) is 0 Å². The highest BCUT2D eigenvalue weighted by molar-refractivity contribution is 7.26. The molecular weight excluding hydrogens is 511 g/mol. The van der Waals surface area contributed by atoms with Gasteiger partial charge in [-0.1, -0.05) is 78.9 Å². The van der Waals surface area contributed by atoms with E-state index in [1.165, 1.54) is 89.2 Å². The number of hydrogen-bond acceptors (Lipinski definition) is 2. The molecule has 0 radical (unpaired) electrons. The van der Waals surface area contributed by atoms with Crippen molar-refractivity contribution in [1.29, 1.82) is 0 Å². The van der Waals surface area contributed by atoms with Crippen LogP contribution in [0.1, 0.15) is 0 Å². The van der Waals surface area contributed by atoms with E-state index >= 15 is 0 Å². The van der Waals surface area contributed by atoms with Crippen LogP contribution in [-0.2, 0) is 0 Å². The number of fused-ring (bicyclic) bond motifs is 10. The van der Waals surface area contributed by atoms with Crippen molar-refractivity contribution in [3.8, 4) is 0 Å². The summed E-state index contributed by atoms with van der Waals surface area (Å²) in [7, 11) is 0. The summed E-state index contributed by atoms with van der Waals surface area (Å²) in [4.78, 5) is 0. The third kappa shape index (κ3) is 2.50. The highest BCUT2D eigenvalue weighted by Crippen LogP contribution is 2.45. The summed E-state index contributed by atoms with van der Waals surface area (Å²) >= 11 is 3.80. The maximum atomic E-state index is 2.55. The Morgan fingerprint density at radius 2 is 0.923 bits per heavy atom. The molecule has 0 amide bonds. The molecule has 3 heteroatoms. The molecular formula is C36H19NS2. The van der Waals surface area contributed by atoms with Gasteiger partial charge in [-0.25, -0.2) is 0 Å². The van der Waals surface area contributed by atoms with E-state index in [1.807, 2.05) is 22.7 Å². The lowest BCUT2D eigenvalue weighted by atomic mass is 10.0. The number of nitrogens with zero attached hydrogens (tertiary/aromatic N) is 1. The summed E-state index contributed by atoms with van der Waals surface area (Å²) in [5.41, 5.74) is 3.80. The first-order chi connectivity index (χ1) is 19.3. The second-order valence-corrected chi connectivity index (χ2v) is 12.6. The van der Waals surface area contributed by atoms with Crippen LogP contribution in [0, 0.1) is 0 Å². The van der Waals surface area contributed by atoms with E-state index in [9.17, 15) is 0 Å². The summed E-state index contributed by atoms with van der Waals surface area (Å²) in [5.74, 6) is 0. The third-order valence-corrected chi connectivity index (χ3v) is 10.8. The standard InChI is InChI=1S/C36H19NS2/c1-3-14-28-20(8-1)22-10-6-16-31-34(22)35-23(11-7-17-32(35)39-31)24-12-5-13-25-26-18-27-21-9-2-4-15-30(21)38-33(27)19-29(26)37(28)36(24)25/h1-19H. The Bertz CT molecular complexity index is 2660. The lowest BCUT2D eigenvalue weighted by Gasteiger charge is -2.04. The monoisotopic (exact) mass is 529 g/mol. The lowest BCUT2D eigenvalue weighted by Crippen LogP contribution is -1.86. The highest BCUT2D eigenvalue weighted by atomic mass is 32.1. The molecule has 0 aliphatic carbocycles. The fourth-order valence-corrected chi connectivity index (χ4v) is 9.24. The van der Waals surface area contributed by atoms with Gasteiger partial charge < -0.3 is 4.40 Å². The molecule has 10 aromatic rings. The van der Waals surface area contributed by atoms with Crippen molar-refractivity contribution < 1.29 is 0 Å². The van der Waals surface area contributed by atoms with Crippen LogP contribution in [0.5, 0.6) is 0 Å². The van der Waals surface area contributed by atoms with E-state index in [4.69, 9.17) is 0 Å². The second kappa shape index (κ2) is 7.15. The van der Waals surface area contributed by atoms with Gasteiger partial charge >= 0.3 is 0 Å². The minimum atomic E-state index is 1.24. The van der Waals surface area contributed by atoms with Crippen LogP contribution in [0.25, 0.3) is 89.2 Å². The van der Waals surface area contributed by atoms with Gasteiger partial charge in [0.05, 0.1) is 16.6 Å². The number of rotatable bonds is 0. The third-order valence-electron chi connectivity index (χ3n) is 8.53. The summed E-state index contributed by atoms with van der Waals surface area (Å²) in [6, 6.07) is 43.2. The van der Waals surface area contributed by atoms with Crippen molar-refractivity contribution in [3.05, 3.63) is 115 Å².